The van der Waals surface area contributed by atoms with Crippen LogP contribution < -0.4 is 5.73 Å². The summed E-state index contributed by atoms with van der Waals surface area (Å²) in [4.78, 5) is 13.9. The number of nitrogens with two attached hydrogens (primary N) is 1. The molecular weight excluding hydrogens is 235 g/mol. The van der Waals surface area contributed by atoms with Crippen LogP contribution in [0.25, 0.3) is 0 Å². The second kappa shape index (κ2) is 5.68. The number of nitrogens with zero attached hydrogens (tertiary/aromatic N) is 2. The highest BCUT2D eigenvalue weighted by molar-refractivity contribution is 5.82. The minimum Gasteiger partial charge on any atom is -0.333 e. The number of rotatable bonds is 4. The van der Waals surface area contributed by atoms with Gasteiger partial charge in [0.2, 0.25) is 0 Å². The van der Waals surface area contributed by atoms with Crippen LogP contribution in [0.15, 0.2) is 0 Å². The van der Waals surface area contributed by atoms with Gasteiger partial charge in [-0.15, -0.1) is 0 Å². The van der Waals surface area contributed by atoms with E-state index in [1.165, 1.54) is 0 Å². The fourth-order valence-electron chi connectivity index (χ4n) is 1.99. The van der Waals surface area contributed by atoms with Crippen molar-refractivity contribution in [2.75, 3.05) is 33.2 Å². The van der Waals surface area contributed by atoms with E-state index < -0.39 is 12.1 Å². The third-order valence-electron chi connectivity index (χ3n) is 3.03. The number of carbonyl (C=O) groups is 1. The molecule has 1 heterocycles. The van der Waals surface area contributed by atoms with Crippen LogP contribution >= 0.6 is 0 Å². The SMILES string of the molecule is CN(CCCN)C1CCN(C(=O)C(F)(F)F)C1. The Labute approximate surface area is 98.5 Å². The van der Waals surface area contributed by atoms with Gasteiger partial charge in [-0.1, -0.05) is 0 Å². The Morgan fingerprint density at radius 1 is 1.53 bits per heavy atom. The molecule has 17 heavy (non-hydrogen) atoms. The molecule has 1 amide bonds. The number of hydrogen-bond acceptors (Lipinski definition) is 3. The molecule has 0 aliphatic carbocycles. The highest BCUT2D eigenvalue weighted by atomic mass is 19.4. The zero-order valence-corrected chi connectivity index (χ0v) is 9.83. The van der Waals surface area contributed by atoms with Crippen molar-refractivity contribution in [3.8, 4) is 0 Å². The third-order valence-corrected chi connectivity index (χ3v) is 3.03. The second-order valence-corrected chi connectivity index (χ2v) is 4.31. The number of amides is 1. The van der Waals surface area contributed by atoms with E-state index in [0.717, 1.165) is 17.9 Å². The molecule has 1 rings (SSSR count). The molecule has 1 saturated heterocycles. The first-order chi connectivity index (χ1) is 7.86. The van der Waals surface area contributed by atoms with Crippen molar-refractivity contribution < 1.29 is 18.0 Å². The molecule has 0 saturated carbocycles. The van der Waals surface area contributed by atoms with Crippen LogP contribution in [0.1, 0.15) is 12.8 Å². The van der Waals surface area contributed by atoms with E-state index in [-0.39, 0.29) is 19.1 Å². The largest absolute Gasteiger partial charge is 0.471 e. The standard InChI is InChI=1S/C10H18F3N3O/c1-15(5-2-4-14)8-3-6-16(7-8)9(17)10(11,12)13/h8H,2-7,14H2,1H3. The second-order valence-electron chi connectivity index (χ2n) is 4.31. The predicted molar refractivity (Wildman–Crippen MR) is 57.3 cm³/mol. The van der Waals surface area contributed by atoms with Crippen molar-refractivity contribution in [1.82, 2.24) is 9.80 Å². The van der Waals surface area contributed by atoms with E-state index in [1.807, 2.05) is 11.9 Å². The van der Waals surface area contributed by atoms with Crippen LogP contribution in [0.3, 0.4) is 0 Å². The predicted octanol–water partition coefficient (Wildman–Crippen LogP) is 0.430. The van der Waals surface area contributed by atoms with Crippen LogP contribution in [0.2, 0.25) is 0 Å². The molecule has 1 aliphatic heterocycles. The molecular formula is C10H18F3N3O. The summed E-state index contributed by atoms with van der Waals surface area (Å²) in [5, 5.41) is 0. The normalized spacial score (nSPS) is 21.3. The summed E-state index contributed by atoms with van der Waals surface area (Å²) in [5.41, 5.74) is 5.37. The maximum atomic E-state index is 12.2. The van der Waals surface area contributed by atoms with Crippen molar-refractivity contribution in [3.63, 3.8) is 0 Å². The van der Waals surface area contributed by atoms with Gasteiger partial charge in [0.15, 0.2) is 0 Å². The average Bonchev–Trinajstić information content (AvgIpc) is 2.72. The summed E-state index contributed by atoms with van der Waals surface area (Å²) in [6.45, 7) is 1.63. The van der Waals surface area contributed by atoms with E-state index in [9.17, 15) is 18.0 Å². The summed E-state index contributed by atoms with van der Waals surface area (Å²) >= 11 is 0. The van der Waals surface area contributed by atoms with E-state index in [2.05, 4.69) is 0 Å². The number of likely N-dealkylation sites (tertiary alicyclic amines) is 1. The van der Waals surface area contributed by atoms with Gasteiger partial charge in [0, 0.05) is 19.1 Å². The number of alkyl halides is 3. The van der Waals surface area contributed by atoms with Gasteiger partial charge in [0.25, 0.3) is 0 Å². The summed E-state index contributed by atoms with van der Waals surface area (Å²) in [5.74, 6) is -1.73. The molecule has 0 bridgehead atoms. The fourth-order valence-corrected chi connectivity index (χ4v) is 1.99. The van der Waals surface area contributed by atoms with E-state index in [4.69, 9.17) is 5.73 Å². The maximum Gasteiger partial charge on any atom is 0.471 e. The fraction of sp³-hybridized carbons (Fsp3) is 0.900. The lowest BCUT2D eigenvalue weighted by Crippen LogP contribution is -2.42. The first kappa shape index (κ1) is 14.2. The number of carbonyl (C=O) groups excluding carboxylic acids is 1. The first-order valence-electron chi connectivity index (χ1n) is 5.62. The Morgan fingerprint density at radius 3 is 2.71 bits per heavy atom. The highest BCUT2D eigenvalue weighted by Crippen LogP contribution is 2.23. The molecule has 1 fully saturated rings. The van der Waals surface area contributed by atoms with Gasteiger partial charge in [-0.2, -0.15) is 13.2 Å². The maximum absolute atomic E-state index is 12.2. The molecule has 0 aromatic heterocycles. The van der Waals surface area contributed by atoms with Gasteiger partial charge in [0.1, 0.15) is 0 Å². The summed E-state index contributed by atoms with van der Waals surface area (Å²) in [6.07, 6.45) is -3.37. The number of halogens is 3. The Hall–Kier alpha value is -0.820. The number of likely N-dealkylation sites (N-methyl/N-ethyl adjacent to an activating group) is 1. The molecule has 7 heteroatoms. The summed E-state index contributed by atoms with van der Waals surface area (Å²) < 4.78 is 36.6. The van der Waals surface area contributed by atoms with Gasteiger partial charge in [-0.3, -0.25) is 4.79 Å². The topological polar surface area (TPSA) is 49.6 Å². The Bertz CT molecular complexity index is 270. The van der Waals surface area contributed by atoms with Gasteiger partial charge in [-0.25, -0.2) is 0 Å². The minimum absolute atomic E-state index is 0.00727. The quantitative estimate of drug-likeness (QED) is 0.790. The van der Waals surface area contributed by atoms with Crippen LogP contribution in [0, 0.1) is 0 Å². The number of hydrogen-bond donors (Lipinski definition) is 1. The zero-order chi connectivity index (χ0) is 13.1. The molecule has 0 spiro atoms. The molecule has 4 nitrogen and oxygen atoms in total. The van der Waals surface area contributed by atoms with Crippen LogP contribution in [-0.4, -0.2) is 61.2 Å². The minimum atomic E-state index is -4.76. The highest BCUT2D eigenvalue weighted by Gasteiger charge is 2.44. The molecule has 100 valence electrons. The molecule has 0 aromatic rings. The van der Waals surface area contributed by atoms with Crippen LogP contribution in [0.5, 0.6) is 0 Å². The Balaban J connectivity index is 2.44. The van der Waals surface area contributed by atoms with Crippen molar-refractivity contribution in [2.45, 2.75) is 25.1 Å². The molecule has 1 aliphatic rings. The lowest BCUT2D eigenvalue weighted by Gasteiger charge is -2.24. The summed E-state index contributed by atoms with van der Waals surface area (Å²) in [6, 6.07) is 0.00727. The van der Waals surface area contributed by atoms with Crippen molar-refractivity contribution in [1.29, 1.82) is 0 Å². The van der Waals surface area contributed by atoms with Crippen molar-refractivity contribution in [2.24, 2.45) is 5.73 Å². The van der Waals surface area contributed by atoms with Gasteiger partial charge < -0.3 is 15.5 Å². The smallest absolute Gasteiger partial charge is 0.333 e. The van der Waals surface area contributed by atoms with Gasteiger partial charge >= 0.3 is 12.1 Å². The van der Waals surface area contributed by atoms with Gasteiger partial charge in [0.05, 0.1) is 0 Å². The van der Waals surface area contributed by atoms with E-state index >= 15 is 0 Å². The summed E-state index contributed by atoms with van der Waals surface area (Å²) in [7, 11) is 1.85. The lowest BCUT2D eigenvalue weighted by atomic mass is 10.2. The van der Waals surface area contributed by atoms with Crippen LogP contribution in [0.4, 0.5) is 13.2 Å². The molecule has 1 atom stereocenters. The molecule has 0 aromatic carbocycles. The van der Waals surface area contributed by atoms with E-state index in [1.54, 1.807) is 0 Å². The van der Waals surface area contributed by atoms with Crippen molar-refractivity contribution >= 4 is 5.91 Å². The first-order valence-corrected chi connectivity index (χ1v) is 5.62. The molecule has 2 N–H and O–H groups in total. The zero-order valence-electron chi connectivity index (χ0n) is 9.83. The van der Waals surface area contributed by atoms with E-state index in [0.29, 0.717) is 13.0 Å². The molecule has 1 unspecified atom stereocenters. The van der Waals surface area contributed by atoms with Gasteiger partial charge in [-0.05, 0) is 33.0 Å². The van der Waals surface area contributed by atoms with Crippen molar-refractivity contribution in [3.05, 3.63) is 0 Å². The van der Waals surface area contributed by atoms with Crippen LogP contribution in [-0.2, 0) is 4.79 Å². The lowest BCUT2D eigenvalue weighted by molar-refractivity contribution is -0.184. The Morgan fingerprint density at radius 2 is 2.18 bits per heavy atom. The monoisotopic (exact) mass is 253 g/mol. The third kappa shape index (κ3) is 3.85. The average molecular weight is 253 g/mol. The Kier molecular flexibility index (Phi) is 4.76. The molecule has 0 radical (unpaired) electrons.